The van der Waals surface area contributed by atoms with E-state index in [0.29, 0.717) is 22.3 Å². The van der Waals surface area contributed by atoms with Gasteiger partial charge in [-0.2, -0.15) is 0 Å². The molecule has 0 saturated carbocycles. The van der Waals surface area contributed by atoms with E-state index in [9.17, 15) is 9.90 Å². The normalized spacial score (nSPS) is 11.9. The van der Waals surface area contributed by atoms with Gasteiger partial charge in [0.2, 0.25) is 5.88 Å². The molecule has 0 aliphatic rings. The largest absolute Gasteiger partial charge is 0.480 e. The Bertz CT molecular complexity index is 734. The lowest BCUT2D eigenvalue weighted by molar-refractivity contribution is 0.0916. The van der Waals surface area contributed by atoms with Crippen molar-refractivity contribution in [3.05, 3.63) is 57.2 Å². The molecule has 0 radical (unpaired) electrons. The first-order valence-electron chi connectivity index (χ1n) is 7.62. The van der Waals surface area contributed by atoms with Gasteiger partial charge in [0.25, 0.3) is 5.91 Å². The Balaban J connectivity index is 2.07. The number of ether oxygens (including phenoxy) is 1. The molecule has 0 aliphatic carbocycles. The Kier molecular flexibility index (Phi) is 6.34. The molecule has 24 heavy (non-hydrogen) atoms. The van der Waals surface area contributed by atoms with Gasteiger partial charge in [0, 0.05) is 6.20 Å². The summed E-state index contributed by atoms with van der Waals surface area (Å²) in [5.41, 5.74) is 3.89. The van der Waals surface area contributed by atoms with Gasteiger partial charge in [-0.25, -0.2) is 4.98 Å². The minimum Gasteiger partial charge on any atom is -0.480 e. The molecule has 2 aromatic rings. The molecule has 2 N–H and O–H groups in total. The third-order valence-corrected chi connectivity index (χ3v) is 4.44. The summed E-state index contributed by atoms with van der Waals surface area (Å²) in [5.74, 6) is 0.133. The molecule has 0 aliphatic heterocycles. The number of benzene rings is 1. The smallest absolute Gasteiger partial charge is 0.253 e. The first-order chi connectivity index (χ1) is 11.4. The fraction of sp³-hybridized carbons (Fsp3) is 0.333. The van der Waals surface area contributed by atoms with E-state index in [-0.39, 0.29) is 18.6 Å². The highest BCUT2D eigenvalue weighted by Gasteiger charge is 2.16. The number of nitrogens with one attached hydrogen (secondary N) is 1. The zero-order valence-corrected chi connectivity index (χ0v) is 15.6. The third kappa shape index (κ3) is 4.55. The summed E-state index contributed by atoms with van der Waals surface area (Å²) < 4.78 is 5.66. The second-order valence-electron chi connectivity index (χ2n) is 5.69. The molecule has 1 aromatic carbocycles. The van der Waals surface area contributed by atoms with Gasteiger partial charge in [-0.05, 0) is 59.0 Å². The Morgan fingerprint density at radius 1 is 1.33 bits per heavy atom. The van der Waals surface area contributed by atoms with Crippen LogP contribution in [0.1, 0.15) is 27.0 Å². The van der Waals surface area contributed by atoms with Crippen molar-refractivity contribution >= 4 is 21.8 Å². The molecule has 6 heteroatoms. The Morgan fingerprint density at radius 3 is 2.67 bits per heavy atom. The monoisotopic (exact) mass is 392 g/mol. The van der Waals surface area contributed by atoms with Crippen LogP contribution in [0.4, 0.5) is 0 Å². The average Bonchev–Trinajstić information content (AvgIpc) is 2.57. The summed E-state index contributed by atoms with van der Waals surface area (Å²) >= 11 is 3.31. The molecular weight excluding hydrogens is 372 g/mol. The first-order valence-corrected chi connectivity index (χ1v) is 8.41. The second-order valence-corrected chi connectivity index (χ2v) is 6.55. The molecule has 0 bridgehead atoms. The number of aliphatic hydroxyl groups excluding tert-OH is 1. The van der Waals surface area contributed by atoms with Crippen LogP contribution >= 0.6 is 15.9 Å². The van der Waals surface area contributed by atoms with Gasteiger partial charge in [0.1, 0.15) is 0 Å². The van der Waals surface area contributed by atoms with Crippen molar-refractivity contribution in [3.63, 3.8) is 0 Å². The van der Waals surface area contributed by atoms with E-state index in [1.54, 1.807) is 6.07 Å². The van der Waals surface area contributed by atoms with Gasteiger partial charge in [0.15, 0.2) is 0 Å². The van der Waals surface area contributed by atoms with Crippen molar-refractivity contribution in [1.29, 1.82) is 0 Å². The average molecular weight is 393 g/mol. The summed E-state index contributed by atoms with van der Waals surface area (Å²) in [4.78, 5) is 16.4. The van der Waals surface area contributed by atoms with Crippen LogP contribution < -0.4 is 10.1 Å². The maximum Gasteiger partial charge on any atom is 0.253 e. The van der Waals surface area contributed by atoms with Crippen LogP contribution in [0.15, 0.2) is 34.9 Å². The van der Waals surface area contributed by atoms with Crippen LogP contribution in [0, 0.1) is 13.8 Å². The lowest BCUT2D eigenvalue weighted by Crippen LogP contribution is -2.39. The van der Waals surface area contributed by atoms with Crippen LogP contribution in [0.5, 0.6) is 5.88 Å². The summed E-state index contributed by atoms with van der Waals surface area (Å²) in [5, 5.41) is 12.4. The number of carbonyl (C=O) groups is 1. The van der Waals surface area contributed by atoms with Gasteiger partial charge in [-0.1, -0.05) is 18.2 Å². The molecule has 0 fully saturated rings. The second kappa shape index (κ2) is 8.26. The molecule has 2 rings (SSSR count). The van der Waals surface area contributed by atoms with Crippen LogP contribution in [0.25, 0.3) is 0 Å². The number of aliphatic hydroxyl groups is 1. The standard InChI is InChI=1S/C18H21BrN2O3/c1-11-4-5-13(6-12(11)2)7-15(10-22)21-17(23)14-8-16(19)18(24-3)20-9-14/h4-6,8-9,15,22H,7,10H2,1-3H3,(H,21,23). The van der Waals surface area contributed by atoms with E-state index in [0.717, 1.165) is 5.56 Å². The van der Waals surface area contributed by atoms with Gasteiger partial charge >= 0.3 is 0 Å². The predicted molar refractivity (Wildman–Crippen MR) is 96.4 cm³/mol. The summed E-state index contributed by atoms with van der Waals surface area (Å²) in [6, 6.07) is 7.43. The molecule has 0 spiro atoms. The number of halogens is 1. The molecule has 1 amide bonds. The SMILES string of the molecule is COc1ncc(C(=O)NC(CO)Cc2ccc(C)c(C)c2)cc1Br. The zero-order chi connectivity index (χ0) is 17.7. The minimum atomic E-state index is -0.361. The van der Waals surface area contributed by atoms with Crippen molar-refractivity contribution in [2.75, 3.05) is 13.7 Å². The lowest BCUT2D eigenvalue weighted by atomic mass is 10.0. The summed E-state index contributed by atoms with van der Waals surface area (Å²) in [6.45, 7) is 3.97. The Morgan fingerprint density at radius 2 is 2.08 bits per heavy atom. The molecule has 5 nitrogen and oxygen atoms in total. The first kappa shape index (κ1) is 18.4. The molecule has 1 unspecified atom stereocenters. The number of hydrogen-bond acceptors (Lipinski definition) is 4. The topological polar surface area (TPSA) is 71.5 Å². The number of nitrogens with zero attached hydrogens (tertiary/aromatic N) is 1. The number of hydrogen-bond donors (Lipinski definition) is 2. The van der Waals surface area contributed by atoms with Crippen molar-refractivity contribution in [2.45, 2.75) is 26.3 Å². The Labute approximate surface area is 150 Å². The molecule has 0 saturated heterocycles. The fourth-order valence-corrected chi connectivity index (χ4v) is 2.86. The number of methoxy groups -OCH3 is 1. The fourth-order valence-electron chi connectivity index (χ4n) is 2.34. The Hall–Kier alpha value is -1.92. The highest BCUT2D eigenvalue weighted by Crippen LogP contribution is 2.22. The number of amides is 1. The van der Waals surface area contributed by atoms with E-state index in [2.05, 4.69) is 39.2 Å². The van der Waals surface area contributed by atoms with Crippen molar-refractivity contribution < 1.29 is 14.6 Å². The van der Waals surface area contributed by atoms with Gasteiger partial charge in [0.05, 0.1) is 29.8 Å². The summed E-state index contributed by atoms with van der Waals surface area (Å²) in [7, 11) is 1.51. The number of rotatable bonds is 6. The highest BCUT2D eigenvalue weighted by molar-refractivity contribution is 9.10. The molecular formula is C18H21BrN2O3. The van der Waals surface area contributed by atoms with Crippen molar-refractivity contribution in [2.24, 2.45) is 0 Å². The van der Waals surface area contributed by atoms with Crippen LogP contribution in [0.2, 0.25) is 0 Å². The highest BCUT2D eigenvalue weighted by atomic mass is 79.9. The third-order valence-electron chi connectivity index (χ3n) is 3.87. The van der Waals surface area contributed by atoms with Crippen molar-refractivity contribution in [3.8, 4) is 5.88 Å². The minimum absolute atomic E-state index is 0.135. The maximum absolute atomic E-state index is 12.4. The quantitative estimate of drug-likeness (QED) is 0.792. The number of aromatic nitrogens is 1. The van der Waals surface area contributed by atoms with Gasteiger partial charge < -0.3 is 15.2 Å². The van der Waals surface area contributed by atoms with Crippen LogP contribution in [-0.2, 0) is 6.42 Å². The maximum atomic E-state index is 12.4. The zero-order valence-electron chi connectivity index (χ0n) is 14.0. The molecule has 128 valence electrons. The van der Waals surface area contributed by atoms with Gasteiger partial charge in [-0.15, -0.1) is 0 Å². The van der Waals surface area contributed by atoms with E-state index >= 15 is 0 Å². The molecule has 1 aromatic heterocycles. The van der Waals surface area contributed by atoms with Crippen LogP contribution in [0.3, 0.4) is 0 Å². The van der Waals surface area contributed by atoms with E-state index < -0.39 is 0 Å². The van der Waals surface area contributed by atoms with Gasteiger partial charge in [-0.3, -0.25) is 4.79 Å². The summed E-state index contributed by atoms with van der Waals surface area (Å²) in [6.07, 6.45) is 2.01. The number of carbonyl (C=O) groups excluding carboxylic acids is 1. The molecule has 1 atom stereocenters. The number of pyridine rings is 1. The lowest BCUT2D eigenvalue weighted by Gasteiger charge is -2.17. The van der Waals surface area contributed by atoms with Crippen molar-refractivity contribution in [1.82, 2.24) is 10.3 Å². The molecule has 1 heterocycles. The van der Waals surface area contributed by atoms with Crippen LogP contribution in [-0.4, -0.2) is 35.8 Å². The number of aryl methyl sites for hydroxylation is 2. The van der Waals surface area contributed by atoms with E-state index in [4.69, 9.17) is 4.74 Å². The van der Waals surface area contributed by atoms with E-state index in [1.807, 2.05) is 19.1 Å². The van der Waals surface area contributed by atoms with E-state index in [1.165, 1.54) is 24.4 Å². The predicted octanol–water partition coefficient (Wildman–Crippen LogP) is 2.80.